The lowest BCUT2D eigenvalue weighted by molar-refractivity contribution is 0.216. The number of aliphatic hydroxyl groups excluding tert-OH is 1. The molecule has 80 valence electrons. The predicted molar refractivity (Wildman–Crippen MR) is 55.1 cm³/mol. The van der Waals surface area contributed by atoms with Crippen LogP contribution in [0.2, 0.25) is 0 Å². The van der Waals surface area contributed by atoms with Crippen LogP contribution in [0.15, 0.2) is 0 Å². The van der Waals surface area contributed by atoms with Crippen molar-refractivity contribution in [2.24, 2.45) is 0 Å². The highest BCUT2D eigenvalue weighted by atomic mass is 16.3. The van der Waals surface area contributed by atoms with Gasteiger partial charge in [-0.2, -0.15) is 0 Å². The normalized spacial score (nSPS) is 7.50. The molecule has 0 radical (unpaired) electrons. The van der Waals surface area contributed by atoms with Gasteiger partial charge in [-0.1, -0.05) is 39.5 Å². The Morgan fingerprint density at radius 1 is 1.00 bits per heavy atom. The first kappa shape index (κ1) is 22.6. The fourth-order valence-electron chi connectivity index (χ4n) is 0.500. The van der Waals surface area contributed by atoms with Gasteiger partial charge in [0.15, 0.2) is 0 Å². The second-order valence-corrected chi connectivity index (χ2v) is 2.80. The number of hydrogen-bond acceptors (Lipinski definition) is 2. The maximum atomic E-state index is 8.06. The van der Waals surface area contributed by atoms with E-state index in [4.69, 9.17) is 5.11 Å². The van der Waals surface area contributed by atoms with E-state index in [-0.39, 0.29) is 17.7 Å². The van der Waals surface area contributed by atoms with E-state index < -0.39 is 0 Å². The Bertz CT molecular complexity index is 43.0. The van der Waals surface area contributed by atoms with E-state index >= 15 is 0 Å². The zero-order chi connectivity index (χ0) is 8.41. The van der Waals surface area contributed by atoms with Gasteiger partial charge in [0, 0.05) is 6.10 Å². The zero-order valence-electron chi connectivity index (χ0n) is 9.30. The summed E-state index contributed by atoms with van der Waals surface area (Å²) in [5, 5.41) is 8.06. The molecule has 0 aromatic rings. The third-order valence-corrected chi connectivity index (χ3v) is 0.957. The number of unbranched alkanes of at least 4 members (excludes halogenated alkanes) is 3. The highest BCUT2D eigenvalue weighted by Crippen LogP contribution is 1.95. The fraction of sp³-hybridized carbons (Fsp3) is 1.00. The van der Waals surface area contributed by atoms with Crippen molar-refractivity contribution in [2.75, 3.05) is 0 Å². The molecule has 0 amide bonds. The lowest BCUT2D eigenvalue weighted by atomic mass is 10.2. The SMILES string of the molecule is CC(C)O.CCCCCC.[NH4+].[OH-]. The Kier molecular flexibility index (Phi) is 42.3. The van der Waals surface area contributed by atoms with Crippen molar-refractivity contribution in [1.29, 1.82) is 0 Å². The van der Waals surface area contributed by atoms with E-state index in [0.29, 0.717) is 0 Å². The fourth-order valence-corrected chi connectivity index (χ4v) is 0.500. The van der Waals surface area contributed by atoms with Crippen LogP contribution in [0.25, 0.3) is 0 Å². The summed E-state index contributed by atoms with van der Waals surface area (Å²) in [6.07, 6.45) is 5.37. The monoisotopic (exact) mass is 181 g/mol. The van der Waals surface area contributed by atoms with E-state index in [1.165, 1.54) is 25.7 Å². The first-order chi connectivity index (χ1) is 4.65. The molecule has 0 aliphatic rings. The molecule has 0 atom stereocenters. The number of quaternary nitrogens is 1. The van der Waals surface area contributed by atoms with Gasteiger partial charge in [0.2, 0.25) is 0 Å². The average Bonchev–Trinajstić information content (AvgIpc) is 1.82. The highest BCUT2D eigenvalue weighted by molar-refractivity contribution is 4.31. The second kappa shape index (κ2) is 22.4. The molecule has 0 rings (SSSR count). The standard InChI is InChI=1S/C6H14.C3H8O.H3N.H2O/c1-3-5-6-4-2;1-3(2)4;;/h3-6H2,1-2H3;3-4H,1-2H3;1H3;1H2. The van der Waals surface area contributed by atoms with Gasteiger partial charge in [-0.05, 0) is 13.8 Å². The first-order valence-electron chi connectivity index (χ1n) is 4.33. The van der Waals surface area contributed by atoms with Gasteiger partial charge < -0.3 is 16.7 Å². The van der Waals surface area contributed by atoms with E-state index in [2.05, 4.69) is 13.8 Å². The maximum Gasteiger partial charge on any atom is 0.0483 e. The van der Waals surface area contributed by atoms with Crippen LogP contribution in [0.5, 0.6) is 0 Å². The molecule has 0 spiro atoms. The van der Waals surface area contributed by atoms with E-state index in [1.54, 1.807) is 13.8 Å². The molecular weight excluding hydrogens is 154 g/mol. The van der Waals surface area contributed by atoms with Gasteiger partial charge in [0.05, 0.1) is 0 Å². The third kappa shape index (κ3) is 93.9. The lowest BCUT2D eigenvalue weighted by Gasteiger charge is -1.86. The predicted octanol–water partition coefficient (Wildman–Crippen LogP) is 3.17. The minimum atomic E-state index is -0.167. The molecule has 0 unspecified atom stereocenters. The van der Waals surface area contributed by atoms with Crippen molar-refractivity contribution in [1.82, 2.24) is 6.15 Å². The Hall–Kier alpha value is -0.120. The third-order valence-electron chi connectivity index (χ3n) is 0.957. The average molecular weight is 181 g/mol. The Morgan fingerprint density at radius 2 is 1.17 bits per heavy atom. The molecule has 12 heavy (non-hydrogen) atoms. The van der Waals surface area contributed by atoms with E-state index in [0.717, 1.165) is 0 Å². The second-order valence-electron chi connectivity index (χ2n) is 2.80. The van der Waals surface area contributed by atoms with E-state index in [9.17, 15) is 0 Å². The van der Waals surface area contributed by atoms with Gasteiger partial charge in [-0.15, -0.1) is 0 Å². The summed E-state index contributed by atoms with van der Waals surface area (Å²) in [6.45, 7) is 7.91. The Balaban J connectivity index is -0.0000000483. The first-order valence-corrected chi connectivity index (χ1v) is 4.33. The molecule has 0 saturated carbocycles. The zero-order valence-corrected chi connectivity index (χ0v) is 9.30. The van der Waals surface area contributed by atoms with Gasteiger partial charge in [0.1, 0.15) is 0 Å². The minimum absolute atomic E-state index is 0. The van der Waals surface area contributed by atoms with Crippen LogP contribution >= 0.6 is 0 Å². The quantitative estimate of drug-likeness (QED) is 0.655. The van der Waals surface area contributed by atoms with Crippen LogP contribution in [-0.4, -0.2) is 16.7 Å². The van der Waals surface area contributed by atoms with Crippen molar-refractivity contribution in [3.63, 3.8) is 0 Å². The molecule has 0 fully saturated rings. The summed E-state index contributed by atoms with van der Waals surface area (Å²) in [5.74, 6) is 0. The summed E-state index contributed by atoms with van der Waals surface area (Å²) in [5.41, 5.74) is 0. The smallest absolute Gasteiger partial charge is 0.0483 e. The molecule has 0 heterocycles. The topological polar surface area (TPSA) is 86.7 Å². The largest absolute Gasteiger partial charge is 0.870 e. The van der Waals surface area contributed by atoms with Crippen LogP contribution in [-0.2, 0) is 0 Å². The molecule has 0 aliphatic heterocycles. The molecule has 0 aromatic heterocycles. The molecule has 6 N–H and O–H groups in total. The Morgan fingerprint density at radius 3 is 1.25 bits per heavy atom. The van der Waals surface area contributed by atoms with Crippen molar-refractivity contribution >= 4 is 0 Å². The van der Waals surface area contributed by atoms with Crippen molar-refractivity contribution in [3.8, 4) is 0 Å². The Labute approximate surface area is 77.1 Å². The van der Waals surface area contributed by atoms with Crippen molar-refractivity contribution in [3.05, 3.63) is 0 Å². The van der Waals surface area contributed by atoms with Gasteiger partial charge >= 0.3 is 0 Å². The molecular formula is C9H27NO2. The van der Waals surface area contributed by atoms with Crippen LogP contribution in [0.4, 0.5) is 0 Å². The molecule has 0 saturated heterocycles. The molecule has 3 heteroatoms. The molecule has 0 bridgehead atoms. The maximum absolute atomic E-state index is 8.06. The summed E-state index contributed by atoms with van der Waals surface area (Å²) < 4.78 is 0. The van der Waals surface area contributed by atoms with Gasteiger partial charge in [-0.3, -0.25) is 0 Å². The summed E-state index contributed by atoms with van der Waals surface area (Å²) in [6, 6.07) is 0. The van der Waals surface area contributed by atoms with Crippen LogP contribution < -0.4 is 6.15 Å². The summed E-state index contributed by atoms with van der Waals surface area (Å²) in [7, 11) is 0. The van der Waals surface area contributed by atoms with Crippen LogP contribution in [0.3, 0.4) is 0 Å². The number of hydrogen-bond donors (Lipinski definition) is 2. The number of rotatable bonds is 3. The van der Waals surface area contributed by atoms with Gasteiger partial charge in [-0.25, -0.2) is 0 Å². The molecule has 0 aliphatic carbocycles. The van der Waals surface area contributed by atoms with Crippen molar-refractivity contribution < 1.29 is 10.6 Å². The molecule has 3 nitrogen and oxygen atoms in total. The lowest BCUT2D eigenvalue weighted by Crippen LogP contribution is -1.85. The van der Waals surface area contributed by atoms with Gasteiger partial charge in [0.25, 0.3) is 0 Å². The number of aliphatic hydroxyl groups is 1. The van der Waals surface area contributed by atoms with Crippen LogP contribution in [0, 0.1) is 0 Å². The minimum Gasteiger partial charge on any atom is -0.870 e. The highest BCUT2D eigenvalue weighted by Gasteiger charge is 1.75. The summed E-state index contributed by atoms with van der Waals surface area (Å²) in [4.78, 5) is 0. The van der Waals surface area contributed by atoms with Crippen molar-refractivity contribution in [2.45, 2.75) is 59.5 Å². The summed E-state index contributed by atoms with van der Waals surface area (Å²) >= 11 is 0. The van der Waals surface area contributed by atoms with E-state index in [1.807, 2.05) is 0 Å². The molecule has 0 aromatic carbocycles. The van der Waals surface area contributed by atoms with Crippen LogP contribution in [0.1, 0.15) is 53.4 Å².